The zero-order valence-electron chi connectivity index (χ0n) is 11.1. The van der Waals surface area contributed by atoms with Gasteiger partial charge in [-0.05, 0) is 24.6 Å². The van der Waals surface area contributed by atoms with Gasteiger partial charge in [0.05, 0.1) is 17.9 Å². The third-order valence-corrected chi connectivity index (χ3v) is 3.28. The number of carbonyl (C=O) groups excluding carboxylic acids is 1. The van der Waals surface area contributed by atoms with Gasteiger partial charge in [-0.15, -0.1) is 5.10 Å². The molecular weight excluding hydrogens is 322 g/mol. The van der Waals surface area contributed by atoms with E-state index in [1.807, 2.05) is 31.2 Å². The molecule has 20 heavy (non-hydrogen) atoms. The van der Waals surface area contributed by atoms with Gasteiger partial charge in [-0.2, -0.15) is 0 Å². The van der Waals surface area contributed by atoms with E-state index in [1.165, 1.54) is 4.68 Å². The summed E-state index contributed by atoms with van der Waals surface area (Å²) in [6.07, 6.45) is 2.48. The monoisotopic (exact) mass is 337 g/mol. The van der Waals surface area contributed by atoms with E-state index in [1.54, 1.807) is 6.20 Å². The second-order valence-electron chi connectivity index (χ2n) is 4.41. The number of hydrogen-bond acceptors (Lipinski definition) is 4. The molecule has 0 bridgehead atoms. The number of aromatic nitrogens is 3. The van der Waals surface area contributed by atoms with E-state index in [2.05, 4.69) is 31.6 Å². The Bertz CT molecular complexity index is 598. The van der Waals surface area contributed by atoms with Gasteiger partial charge in [0.2, 0.25) is 5.91 Å². The third-order valence-electron chi connectivity index (χ3n) is 2.79. The van der Waals surface area contributed by atoms with Gasteiger partial charge >= 0.3 is 0 Å². The van der Waals surface area contributed by atoms with Crippen LogP contribution in [-0.2, 0) is 11.3 Å². The van der Waals surface area contributed by atoms with Gasteiger partial charge < -0.3 is 11.1 Å². The van der Waals surface area contributed by atoms with Gasteiger partial charge in [0.25, 0.3) is 0 Å². The predicted molar refractivity (Wildman–Crippen MR) is 80.0 cm³/mol. The van der Waals surface area contributed by atoms with Crippen LogP contribution in [0.5, 0.6) is 0 Å². The van der Waals surface area contributed by atoms with Gasteiger partial charge in [-0.3, -0.25) is 4.79 Å². The second-order valence-corrected chi connectivity index (χ2v) is 5.33. The van der Waals surface area contributed by atoms with Crippen molar-refractivity contribution in [2.45, 2.75) is 25.9 Å². The first-order valence-corrected chi connectivity index (χ1v) is 7.09. The number of halogens is 1. The van der Waals surface area contributed by atoms with Gasteiger partial charge in [0, 0.05) is 10.2 Å². The van der Waals surface area contributed by atoms with E-state index in [-0.39, 0.29) is 18.5 Å². The Morgan fingerprint density at radius 1 is 1.55 bits per heavy atom. The number of rotatable bonds is 5. The number of carbonyl (C=O) groups is 1. The van der Waals surface area contributed by atoms with Crippen LogP contribution >= 0.6 is 15.9 Å². The molecular formula is C13H16BrN5O. The SMILES string of the molecule is CCC(N)c1cn(CC(=O)Nc2cccc(Br)c2)nn1. The fourth-order valence-electron chi connectivity index (χ4n) is 1.68. The molecule has 1 atom stereocenters. The minimum Gasteiger partial charge on any atom is -0.324 e. The average molecular weight is 338 g/mol. The summed E-state index contributed by atoms with van der Waals surface area (Å²) in [5, 5.41) is 10.7. The highest BCUT2D eigenvalue weighted by atomic mass is 79.9. The minimum absolute atomic E-state index is 0.107. The highest BCUT2D eigenvalue weighted by Gasteiger charge is 2.10. The largest absolute Gasteiger partial charge is 0.324 e. The van der Waals surface area contributed by atoms with Crippen LogP contribution in [0.4, 0.5) is 5.69 Å². The molecule has 7 heteroatoms. The number of benzene rings is 1. The molecule has 1 amide bonds. The number of amides is 1. The molecule has 1 aromatic carbocycles. The van der Waals surface area contributed by atoms with Crippen LogP contribution in [0.25, 0.3) is 0 Å². The number of nitrogens with one attached hydrogen (secondary N) is 1. The maximum absolute atomic E-state index is 11.9. The van der Waals surface area contributed by atoms with Crippen LogP contribution in [0.1, 0.15) is 25.1 Å². The number of nitrogens with two attached hydrogens (primary N) is 1. The van der Waals surface area contributed by atoms with Crippen LogP contribution in [-0.4, -0.2) is 20.9 Å². The predicted octanol–water partition coefficient (Wildman–Crippen LogP) is 2.09. The van der Waals surface area contributed by atoms with Crippen molar-refractivity contribution >= 4 is 27.5 Å². The average Bonchev–Trinajstić information content (AvgIpc) is 2.86. The Kier molecular flexibility index (Phi) is 4.86. The number of nitrogens with zero attached hydrogens (tertiary/aromatic N) is 3. The van der Waals surface area contributed by atoms with E-state index in [0.29, 0.717) is 5.69 Å². The zero-order valence-corrected chi connectivity index (χ0v) is 12.7. The van der Waals surface area contributed by atoms with Crippen molar-refractivity contribution < 1.29 is 4.79 Å². The second kappa shape index (κ2) is 6.62. The highest BCUT2D eigenvalue weighted by Crippen LogP contribution is 2.15. The number of hydrogen-bond donors (Lipinski definition) is 2. The Morgan fingerprint density at radius 2 is 2.35 bits per heavy atom. The smallest absolute Gasteiger partial charge is 0.246 e. The lowest BCUT2D eigenvalue weighted by Gasteiger charge is -2.05. The topological polar surface area (TPSA) is 85.8 Å². The lowest BCUT2D eigenvalue weighted by atomic mass is 10.2. The van der Waals surface area contributed by atoms with Crippen LogP contribution in [0.15, 0.2) is 34.9 Å². The molecule has 0 saturated carbocycles. The first-order chi connectivity index (χ1) is 9.58. The molecule has 2 rings (SSSR count). The summed E-state index contributed by atoms with van der Waals surface area (Å²) in [6.45, 7) is 2.08. The van der Waals surface area contributed by atoms with Crippen molar-refractivity contribution in [3.05, 3.63) is 40.6 Å². The number of anilines is 1. The lowest BCUT2D eigenvalue weighted by molar-refractivity contribution is -0.116. The molecule has 2 aromatic rings. The van der Waals surface area contributed by atoms with E-state index in [4.69, 9.17) is 5.73 Å². The molecule has 3 N–H and O–H groups in total. The first-order valence-electron chi connectivity index (χ1n) is 6.29. The van der Waals surface area contributed by atoms with Crippen molar-refractivity contribution in [3.8, 4) is 0 Å². The van der Waals surface area contributed by atoms with Gasteiger partial charge in [-0.1, -0.05) is 34.1 Å². The highest BCUT2D eigenvalue weighted by molar-refractivity contribution is 9.10. The fourth-order valence-corrected chi connectivity index (χ4v) is 2.08. The summed E-state index contributed by atoms with van der Waals surface area (Å²) in [5.74, 6) is -0.162. The van der Waals surface area contributed by atoms with Crippen LogP contribution in [0, 0.1) is 0 Å². The van der Waals surface area contributed by atoms with Crippen molar-refractivity contribution in [2.24, 2.45) is 5.73 Å². The molecule has 6 nitrogen and oxygen atoms in total. The van der Waals surface area contributed by atoms with Crippen molar-refractivity contribution in [3.63, 3.8) is 0 Å². The van der Waals surface area contributed by atoms with Gasteiger partial charge in [0.15, 0.2) is 0 Å². The maximum Gasteiger partial charge on any atom is 0.246 e. The van der Waals surface area contributed by atoms with Gasteiger partial charge in [0.1, 0.15) is 6.54 Å². The summed E-state index contributed by atoms with van der Waals surface area (Å²) in [5.41, 5.74) is 7.29. The quantitative estimate of drug-likeness (QED) is 0.874. The van der Waals surface area contributed by atoms with Crippen molar-refractivity contribution in [1.29, 1.82) is 0 Å². The van der Waals surface area contributed by atoms with Crippen LogP contribution in [0.3, 0.4) is 0 Å². The van der Waals surface area contributed by atoms with Crippen molar-refractivity contribution in [1.82, 2.24) is 15.0 Å². The molecule has 0 aliphatic heterocycles. The zero-order chi connectivity index (χ0) is 14.5. The normalized spacial score (nSPS) is 12.2. The molecule has 1 aromatic heterocycles. The lowest BCUT2D eigenvalue weighted by Crippen LogP contribution is -2.19. The standard InChI is InChI=1S/C13H16BrN5O/c1-2-11(15)12-7-19(18-17-12)8-13(20)16-10-5-3-4-9(14)6-10/h3-7,11H,2,8,15H2,1H3,(H,16,20). The van der Waals surface area contributed by atoms with E-state index in [9.17, 15) is 4.79 Å². The summed E-state index contributed by atoms with van der Waals surface area (Å²) in [4.78, 5) is 11.9. The molecule has 0 radical (unpaired) electrons. The maximum atomic E-state index is 11.9. The molecule has 0 spiro atoms. The summed E-state index contributed by atoms with van der Waals surface area (Å²) in [6, 6.07) is 7.26. The summed E-state index contributed by atoms with van der Waals surface area (Å²) in [7, 11) is 0. The summed E-state index contributed by atoms with van der Waals surface area (Å²) >= 11 is 3.35. The van der Waals surface area contributed by atoms with Crippen molar-refractivity contribution in [2.75, 3.05) is 5.32 Å². The molecule has 0 aliphatic rings. The molecule has 1 heterocycles. The summed E-state index contributed by atoms with van der Waals surface area (Å²) < 4.78 is 2.39. The van der Waals surface area contributed by atoms with Crippen LogP contribution in [0.2, 0.25) is 0 Å². The van der Waals surface area contributed by atoms with E-state index >= 15 is 0 Å². The molecule has 0 aliphatic carbocycles. The van der Waals surface area contributed by atoms with Gasteiger partial charge in [-0.25, -0.2) is 4.68 Å². The molecule has 0 saturated heterocycles. The third kappa shape index (κ3) is 3.88. The Hall–Kier alpha value is -1.73. The van der Waals surface area contributed by atoms with E-state index < -0.39 is 0 Å². The minimum atomic E-state index is -0.162. The molecule has 1 unspecified atom stereocenters. The van der Waals surface area contributed by atoms with E-state index in [0.717, 1.165) is 16.6 Å². The molecule has 0 fully saturated rings. The fraction of sp³-hybridized carbons (Fsp3) is 0.308. The molecule has 106 valence electrons. The Labute approximate surface area is 125 Å². The Balaban J connectivity index is 1.96. The Morgan fingerprint density at radius 3 is 3.05 bits per heavy atom. The first kappa shape index (κ1) is 14.7. The van der Waals surface area contributed by atoms with Crippen LogP contribution < -0.4 is 11.1 Å².